The Balaban J connectivity index is 1.95. The van der Waals surface area contributed by atoms with Crippen molar-refractivity contribution in [1.82, 2.24) is 0 Å². The fourth-order valence-electron chi connectivity index (χ4n) is 2.58. The maximum atomic E-state index is 13.1. The second kappa shape index (κ2) is 8.34. The molecule has 2 aromatic rings. The Hall–Kier alpha value is -2.56. The van der Waals surface area contributed by atoms with Gasteiger partial charge in [0.15, 0.2) is 0 Å². The first kappa shape index (κ1) is 17.8. The fourth-order valence-corrected chi connectivity index (χ4v) is 2.58. The topological polar surface area (TPSA) is 44.4 Å². The van der Waals surface area contributed by atoms with E-state index in [9.17, 15) is 9.18 Å². The van der Waals surface area contributed by atoms with Crippen molar-refractivity contribution in [3.05, 3.63) is 53.8 Å². The quantitative estimate of drug-likeness (QED) is 0.806. The van der Waals surface area contributed by atoms with Crippen molar-refractivity contribution in [2.45, 2.75) is 20.8 Å². The van der Waals surface area contributed by atoms with Gasteiger partial charge in [-0.3, -0.25) is 4.79 Å². The third-order valence-corrected chi connectivity index (χ3v) is 3.89. The van der Waals surface area contributed by atoms with E-state index in [1.165, 1.54) is 17.8 Å². The average molecular weight is 329 g/mol. The molecule has 0 bridgehead atoms. The van der Waals surface area contributed by atoms with Gasteiger partial charge in [0.25, 0.3) is 0 Å². The molecule has 0 fully saturated rings. The maximum Gasteiger partial charge on any atom is 0.243 e. The predicted octanol–water partition coefficient (Wildman–Crippen LogP) is 4.03. The Morgan fingerprint density at radius 3 is 2.50 bits per heavy atom. The van der Waals surface area contributed by atoms with E-state index in [0.717, 1.165) is 24.3 Å². The van der Waals surface area contributed by atoms with Crippen LogP contribution in [0.1, 0.15) is 19.4 Å². The lowest BCUT2D eigenvalue weighted by molar-refractivity contribution is -0.114. The molecule has 0 spiro atoms. The summed E-state index contributed by atoms with van der Waals surface area (Å²) in [7, 11) is 0. The van der Waals surface area contributed by atoms with Crippen LogP contribution in [0.4, 0.5) is 21.5 Å². The summed E-state index contributed by atoms with van der Waals surface area (Å²) in [5.74, 6) is -0.587. The van der Waals surface area contributed by atoms with Crippen LogP contribution in [0.3, 0.4) is 0 Å². The van der Waals surface area contributed by atoms with E-state index in [1.807, 2.05) is 19.1 Å². The van der Waals surface area contributed by atoms with Gasteiger partial charge in [-0.25, -0.2) is 4.39 Å². The number of nitrogens with one attached hydrogen (secondary N) is 2. The Labute approximate surface area is 142 Å². The molecular formula is C19H24FN3O. The van der Waals surface area contributed by atoms with Crippen LogP contribution in [0, 0.1) is 12.7 Å². The third kappa shape index (κ3) is 4.72. The van der Waals surface area contributed by atoms with E-state index in [0.29, 0.717) is 5.69 Å². The average Bonchev–Trinajstić information content (AvgIpc) is 2.55. The van der Waals surface area contributed by atoms with Crippen LogP contribution in [-0.4, -0.2) is 25.5 Å². The molecular weight excluding hydrogens is 305 g/mol. The number of anilines is 3. The number of hydrogen-bond donors (Lipinski definition) is 2. The minimum absolute atomic E-state index is 0.127. The van der Waals surface area contributed by atoms with Gasteiger partial charge in [-0.15, -0.1) is 0 Å². The monoisotopic (exact) mass is 329 g/mol. The molecule has 1 amide bonds. The molecule has 2 aromatic carbocycles. The van der Waals surface area contributed by atoms with E-state index in [2.05, 4.69) is 35.4 Å². The second-order valence-corrected chi connectivity index (χ2v) is 5.58. The number of hydrogen-bond acceptors (Lipinski definition) is 3. The standard InChI is InChI=1S/C19H24FN3O/c1-4-23(5-2)17-9-10-18(14(3)11-17)21-13-19(24)22-16-8-6-7-15(20)12-16/h6-12,21H,4-5,13H2,1-3H3,(H,22,24). The van der Waals surface area contributed by atoms with E-state index in [1.54, 1.807) is 12.1 Å². The number of carbonyl (C=O) groups excluding carboxylic acids is 1. The zero-order valence-electron chi connectivity index (χ0n) is 14.4. The Kier molecular flexibility index (Phi) is 6.18. The van der Waals surface area contributed by atoms with Gasteiger partial charge in [-0.2, -0.15) is 0 Å². The summed E-state index contributed by atoms with van der Waals surface area (Å²) in [4.78, 5) is 14.2. The summed E-state index contributed by atoms with van der Waals surface area (Å²) in [6.45, 7) is 8.31. The van der Waals surface area contributed by atoms with Crippen LogP contribution in [0.15, 0.2) is 42.5 Å². The van der Waals surface area contributed by atoms with Crippen LogP contribution < -0.4 is 15.5 Å². The molecule has 0 atom stereocenters. The second-order valence-electron chi connectivity index (χ2n) is 5.58. The summed E-state index contributed by atoms with van der Waals surface area (Å²) in [6, 6.07) is 12.0. The van der Waals surface area contributed by atoms with Crippen molar-refractivity contribution in [1.29, 1.82) is 0 Å². The minimum Gasteiger partial charge on any atom is -0.376 e. The highest BCUT2D eigenvalue weighted by atomic mass is 19.1. The normalized spacial score (nSPS) is 10.3. The summed E-state index contributed by atoms with van der Waals surface area (Å²) < 4.78 is 13.1. The molecule has 0 aliphatic carbocycles. The molecule has 0 aliphatic heterocycles. The van der Waals surface area contributed by atoms with Crippen LogP contribution in [0.25, 0.3) is 0 Å². The lowest BCUT2D eigenvalue weighted by Gasteiger charge is -2.22. The molecule has 0 radical (unpaired) electrons. The molecule has 0 unspecified atom stereocenters. The van der Waals surface area contributed by atoms with Crippen molar-refractivity contribution in [3.63, 3.8) is 0 Å². The van der Waals surface area contributed by atoms with E-state index < -0.39 is 0 Å². The first-order valence-electron chi connectivity index (χ1n) is 8.18. The van der Waals surface area contributed by atoms with Crippen molar-refractivity contribution in [2.24, 2.45) is 0 Å². The van der Waals surface area contributed by atoms with Gasteiger partial charge >= 0.3 is 0 Å². The summed E-state index contributed by atoms with van der Waals surface area (Å²) >= 11 is 0. The van der Waals surface area contributed by atoms with Crippen molar-refractivity contribution < 1.29 is 9.18 Å². The number of halogens is 1. The lowest BCUT2D eigenvalue weighted by Crippen LogP contribution is -2.23. The molecule has 4 nitrogen and oxygen atoms in total. The first-order chi connectivity index (χ1) is 11.5. The minimum atomic E-state index is -0.372. The van der Waals surface area contributed by atoms with Gasteiger partial charge in [0.05, 0.1) is 6.54 Å². The number of carbonyl (C=O) groups is 1. The molecule has 5 heteroatoms. The van der Waals surface area contributed by atoms with Crippen LogP contribution in [0.5, 0.6) is 0 Å². The van der Waals surface area contributed by atoms with Gasteiger partial charge in [0.1, 0.15) is 5.82 Å². The van der Waals surface area contributed by atoms with Gasteiger partial charge in [0, 0.05) is 30.2 Å². The predicted molar refractivity (Wildman–Crippen MR) is 98.3 cm³/mol. The van der Waals surface area contributed by atoms with Crippen molar-refractivity contribution >= 4 is 23.0 Å². The third-order valence-electron chi connectivity index (χ3n) is 3.89. The highest BCUT2D eigenvalue weighted by molar-refractivity contribution is 5.93. The smallest absolute Gasteiger partial charge is 0.243 e. The molecule has 2 rings (SSSR count). The Morgan fingerprint density at radius 1 is 1.12 bits per heavy atom. The Bertz CT molecular complexity index is 699. The van der Waals surface area contributed by atoms with Gasteiger partial charge in [-0.05, 0) is 62.7 Å². The molecule has 0 saturated carbocycles. The van der Waals surface area contributed by atoms with Crippen LogP contribution >= 0.6 is 0 Å². The van der Waals surface area contributed by atoms with Crippen LogP contribution in [0.2, 0.25) is 0 Å². The highest BCUT2D eigenvalue weighted by Crippen LogP contribution is 2.22. The SMILES string of the molecule is CCN(CC)c1ccc(NCC(=O)Nc2cccc(F)c2)c(C)c1. The Morgan fingerprint density at radius 2 is 1.88 bits per heavy atom. The molecule has 0 heterocycles. The van der Waals surface area contributed by atoms with Crippen molar-refractivity contribution in [2.75, 3.05) is 35.2 Å². The summed E-state index contributed by atoms with van der Waals surface area (Å²) in [5, 5.41) is 5.80. The molecule has 24 heavy (non-hydrogen) atoms. The summed E-state index contributed by atoms with van der Waals surface area (Å²) in [6.07, 6.45) is 0. The fraction of sp³-hybridized carbons (Fsp3) is 0.316. The largest absolute Gasteiger partial charge is 0.376 e. The zero-order valence-corrected chi connectivity index (χ0v) is 14.4. The van der Waals surface area contributed by atoms with Crippen molar-refractivity contribution in [3.8, 4) is 0 Å². The van der Waals surface area contributed by atoms with E-state index in [4.69, 9.17) is 0 Å². The van der Waals surface area contributed by atoms with Gasteiger partial charge in [-0.1, -0.05) is 6.07 Å². The van der Waals surface area contributed by atoms with E-state index in [-0.39, 0.29) is 18.3 Å². The molecule has 0 aromatic heterocycles. The highest BCUT2D eigenvalue weighted by Gasteiger charge is 2.07. The summed E-state index contributed by atoms with van der Waals surface area (Å²) in [5.41, 5.74) is 3.63. The number of nitrogens with zero attached hydrogens (tertiary/aromatic N) is 1. The maximum absolute atomic E-state index is 13.1. The van der Waals surface area contributed by atoms with Gasteiger partial charge in [0.2, 0.25) is 5.91 Å². The number of rotatable bonds is 7. The first-order valence-corrected chi connectivity index (χ1v) is 8.18. The number of aryl methyl sites for hydroxylation is 1. The number of benzene rings is 2. The van der Waals surface area contributed by atoms with E-state index >= 15 is 0 Å². The zero-order chi connectivity index (χ0) is 17.5. The van der Waals surface area contributed by atoms with Gasteiger partial charge < -0.3 is 15.5 Å². The molecule has 0 aliphatic rings. The molecule has 128 valence electrons. The lowest BCUT2D eigenvalue weighted by atomic mass is 10.1. The van der Waals surface area contributed by atoms with Crippen LogP contribution in [-0.2, 0) is 4.79 Å². The molecule has 0 saturated heterocycles. The number of amides is 1. The molecule has 2 N–H and O–H groups in total.